The molecule has 0 saturated carbocycles. The highest BCUT2D eigenvalue weighted by atomic mass is 16.5. The van der Waals surface area contributed by atoms with Crippen LogP contribution in [-0.4, -0.2) is 206 Å². The third kappa shape index (κ3) is 33.3. The molecule has 0 aliphatic carbocycles. The Balaban J connectivity index is 0.000000317. The Kier molecular flexibility index (Phi) is 47.1. The van der Waals surface area contributed by atoms with Crippen LogP contribution in [0.25, 0.3) is 44.6 Å². The second-order valence-electron chi connectivity index (χ2n) is 34.5. The van der Waals surface area contributed by atoms with Crippen molar-refractivity contribution < 1.29 is 57.3 Å². The number of benzene rings is 7. The average Bonchev–Trinajstić information content (AvgIpc) is 1.30. The van der Waals surface area contributed by atoms with Gasteiger partial charge in [-0.25, -0.2) is 4.98 Å². The van der Waals surface area contributed by atoms with Crippen molar-refractivity contribution in [2.75, 3.05) is 80.8 Å². The van der Waals surface area contributed by atoms with E-state index in [1.165, 1.54) is 28.4 Å². The number of esters is 4. The maximum absolute atomic E-state index is 13.1. The molecule has 12 rings (SSSR count). The number of methoxy groups -OCH3 is 4. The number of ether oxygens (including phenoxy) is 4. The Morgan fingerprint density at radius 3 is 0.934 bits per heavy atom. The van der Waals surface area contributed by atoms with Crippen molar-refractivity contribution in [3.05, 3.63) is 222 Å². The predicted molar refractivity (Wildman–Crippen MR) is 540 cm³/mol. The molecule has 5 heterocycles. The summed E-state index contributed by atoms with van der Waals surface area (Å²) in [5.41, 5.74) is 46.3. The SMILES string of the molecule is C.C.C.C.CC[C@@H](NC(=O)c1ccc(-c2cccc(CN)c2)cc1)[C@@H](CC1CCCN(C(=N)N)C1)C(=O)OC.COC(=O)[C@H](CC1CCCN(C(=N)N)C1)[C@@H](C)NC(=O)c1ccc(-c2cccc(CN)c2)cc1.COC(=O)[C@H](CC1CCCN(C(=N)N)C1)[C@@H](C)NC(=O)c1ccc(-c2ccccc2)cc1.COC(=O)[C@H](CC1CCCN(C(=N)N)C1)[C@@H](C)NC(=O)c1ccc(-c2cnc[nH]2)cc1. The van der Waals surface area contributed by atoms with Crippen molar-refractivity contribution in [2.24, 2.45) is 81.7 Å². The number of aromatic amines is 1. The average molecular weight is 1870 g/mol. The van der Waals surface area contributed by atoms with Crippen molar-refractivity contribution in [3.8, 4) is 44.6 Å². The molecule has 4 unspecified atom stereocenters. The zero-order chi connectivity index (χ0) is 95.5. The van der Waals surface area contributed by atoms with Crippen LogP contribution in [0.4, 0.5) is 0 Å². The third-order valence-corrected chi connectivity index (χ3v) is 25.4. The fraction of sp³-hybridized carbons (Fsp3) is 0.452. The molecule has 4 aliphatic heterocycles. The highest BCUT2D eigenvalue weighted by Gasteiger charge is 2.38. The first-order valence-corrected chi connectivity index (χ1v) is 45.4. The highest BCUT2D eigenvalue weighted by molar-refractivity contribution is 5.98. The van der Waals surface area contributed by atoms with Gasteiger partial charge in [0.2, 0.25) is 0 Å². The van der Waals surface area contributed by atoms with Crippen LogP contribution < -0.4 is 55.7 Å². The summed E-state index contributed by atoms with van der Waals surface area (Å²) in [5.74, 6) is -3.13. The minimum atomic E-state index is -0.482. The number of hydrogen-bond donors (Lipinski definition) is 15. The van der Waals surface area contributed by atoms with E-state index >= 15 is 0 Å². The Labute approximate surface area is 804 Å². The quantitative estimate of drug-likeness (QED) is 0.00830. The van der Waals surface area contributed by atoms with Crippen molar-refractivity contribution in [1.82, 2.24) is 50.8 Å². The number of piperidine rings is 4. The first-order valence-electron chi connectivity index (χ1n) is 45.4. The molecule has 136 heavy (non-hydrogen) atoms. The van der Waals surface area contributed by atoms with Gasteiger partial charge in [0, 0.05) is 112 Å². The molecular formula is C104H150N20O12. The summed E-state index contributed by atoms with van der Waals surface area (Å²) in [6.45, 7) is 14.0. The summed E-state index contributed by atoms with van der Waals surface area (Å²) in [6.07, 6.45) is 13.7. The van der Waals surface area contributed by atoms with E-state index in [1.807, 2.05) is 175 Å². The predicted octanol–water partition coefficient (Wildman–Crippen LogP) is 13.6. The maximum atomic E-state index is 13.1. The molecule has 32 heteroatoms. The molecule has 8 aromatic rings. The van der Waals surface area contributed by atoms with Gasteiger partial charge in [0.15, 0.2) is 23.8 Å². The molecule has 7 aromatic carbocycles. The normalized spacial score (nSPS) is 17.2. The lowest BCUT2D eigenvalue weighted by atomic mass is 9.83. The van der Waals surface area contributed by atoms with Crippen LogP contribution in [0.5, 0.6) is 0 Å². The third-order valence-electron chi connectivity index (χ3n) is 25.4. The zero-order valence-corrected chi connectivity index (χ0v) is 77.2. The lowest BCUT2D eigenvalue weighted by molar-refractivity contribution is -0.148. The number of H-pyrrole nitrogens is 1. The van der Waals surface area contributed by atoms with E-state index in [4.69, 9.17) is 75.0 Å². The fourth-order valence-corrected chi connectivity index (χ4v) is 17.8. The summed E-state index contributed by atoms with van der Waals surface area (Å²) in [5, 5.41) is 42.7. The topological polar surface area (TPSA) is 515 Å². The molecule has 738 valence electrons. The molecule has 32 nitrogen and oxygen atoms in total. The Hall–Kier alpha value is -13.5. The molecule has 21 N–H and O–H groups in total. The maximum Gasteiger partial charge on any atom is 0.310 e. The molecular weight excluding hydrogens is 1720 g/mol. The summed E-state index contributed by atoms with van der Waals surface area (Å²) in [6, 6.07) is 53.9. The van der Waals surface area contributed by atoms with Gasteiger partial charge in [0.1, 0.15) is 0 Å². The molecule has 4 fully saturated rings. The molecule has 1 aromatic heterocycles. The minimum Gasteiger partial charge on any atom is -0.469 e. The number of nitrogens with one attached hydrogen (secondary N) is 9. The van der Waals surface area contributed by atoms with E-state index in [0.717, 1.165) is 133 Å². The molecule has 4 aliphatic rings. The summed E-state index contributed by atoms with van der Waals surface area (Å²) < 4.78 is 20.2. The van der Waals surface area contributed by atoms with Crippen LogP contribution in [0, 0.1) is 69.0 Å². The lowest BCUT2D eigenvalue weighted by Gasteiger charge is -2.35. The number of imidazole rings is 1. The molecule has 4 amide bonds. The minimum absolute atomic E-state index is 0. The number of rotatable bonds is 31. The fourth-order valence-electron chi connectivity index (χ4n) is 17.8. The summed E-state index contributed by atoms with van der Waals surface area (Å²) in [7, 11) is 5.48. The smallest absolute Gasteiger partial charge is 0.310 e. The van der Waals surface area contributed by atoms with Gasteiger partial charge >= 0.3 is 23.9 Å². The van der Waals surface area contributed by atoms with Crippen LogP contribution in [0.3, 0.4) is 0 Å². The molecule has 4 saturated heterocycles. The zero-order valence-electron chi connectivity index (χ0n) is 77.2. The Morgan fingerprint density at radius 1 is 0.382 bits per heavy atom. The van der Waals surface area contributed by atoms with Crippen LogP contribution in [0.15, 0.2) is 188 Å². The number of nitrogens with two attached hydrogens (primary N) is 6. The van der Waals surface area contributed by atoms with Gasteiger partial charge in [-0.2, -0.15) is 0 Å². The van der Waals surface area contributed by atoms with Crippen molar-refractivity contribution >= 4 is 71.3 Å². The Bertz CT molecular complexity index is 5120. The van der Waals surface area contributed by atoms with E-state index in [9.17, 15) is 38.4 Å². The lowest BCUT2D eigenvalue weighted by Crippen LogP contribution is -2.47. The monoisotopic (exact) mass is 1870 g/mol. The van der Waals surface area contributed by atoms with Crippen LogP contribution in [-0.2, 0) is 51.2 Å². The number of guanidine groups is 4. The van der Waals surface area contributed by atoms with E-state index < -0.39 is 41.8 Å². The van der Waals surface area contributed by atoms with Gasteiger partial charge in [-0.1, -0.05) is 152 Å². The van der Waals surface area contributed by atoms with Crippen molar-refractivity contribution in [2.45, 2.75) is 178 Å². The first-order chi connectivity index (χ1) is 63.4. The molecule has 0 spiro atoms. The number of likely N-dealkylation sites (tertiary alicyclic amines) is 4. The highest BCUT2D eigenvalue weighted by Crippen LogP contribution is 2.33. The first kappa shape index (κ1) is 113. The van der Waals surface area contributed by atoms with Crippen LogP contribution in [0.2, 0.25) is 0 Å². The van der Waals surface area contributed by atoms with Gasteiger partial charge in [-0.15, -0.1) is 0 Å². The number of amides is 4. The van der Waals surface area contributed by atoms with Crippen LogP contribution >= 0.6 is 0 Å². The molecule has 12 atom stereocenters. The van der Waals surface area contributed by atoms with Gasteiger partial charge in [0.05, 0.1) is 70.3 Å². The number of nitrogens with zero attached hydrogens (tertiary/aromatic N) is 5. The summed E-state index contributed by atoms with van der Waals surface area (Å²) in [4.78, 5) is 116. The number of hydrogen-bond acceptors (Lipinski definition) is 19. The van der Waals surface area contributed by atoms with Crippen molar-refractivity contribution in [3.63, 3.8) is 0 Å². The van der Waals surface area contributed by atoms with Gasteiger partial charge in [-0.3, -0.25) is 60.0 Å². The van der Waals surface area contributed by atoms with Gasteiger partial charge in [-0.05, 0) is 239 Å². The Morgan fingerprint density at radius 2 is 0.654 bits per heavy atom. The standard InChI is InChI=1S/C27H37N5O3.C26H35N5O3.C25H32N4O3.C22H30N6O3.4CH4/c1-3-24(23(26(34)35-2)15-19-7-5-13-32(17-19)27(29)30)31-25(33)21-11-9-20(10-12-21)22-8-4-6-18(14-22)16-28;1-17(23(25(33)34-2)14-19-6-4-12-31(16-19)26(28)29)30-24(32)21-10-8-20(9-11-21)22-7-3-5-18(13-22)15-27;1-17(22(24(31)32-2)15-18-7-6-14-29(16-18)25(26)27)28-23(30)21-12-10-20(11-13-21)19-8-4-3-5-9-19;1-14(18(21(30)31-2)10-15-4-3-9-28(12-15)22(23)24)27-20(29)17-7-5-16(6-8-17)19-11-25-13-26-19;;;;/h4,6,8-12,14,19,23-24H,3,5,7,13,15-17,28H2,1-2H3,(H3,29,30)(H,31,33);3,5,7-11,13,17,19,23H,4,6,12,14-16,27H2,1-2H3,(H3,28,29)(H,30,32);3-5,8-13,17-18,22H,6-7,14-16H2,1-2H3,(H3,26,27)(H,28,30);5-8,11,13-15,18H,3-4,9-10,12H2,1-2H3,(H3,23,24)(H,25,26)(H,27,29);4*1H4/t19?,23-,24-;17-,19?,23-;17-,18?,22-;14-,15?,18-;;;;/m1111..../s1. The van der Waals surface area contributed by atoms with E-state index in [2.05, 4.69) is 31.2 Å². The number of carbonyl (C=O) groups excluding carboxylic acids is 8. The van der Waals surface area contributed by atoms with Gasteiger partial charge < -0.3 is 99.2 Å². The second kappa shape index (κ2) is 56.6. The van der Waals surface area contributed by atoms with E-state index in [0.29, 0.717) is 93.6 Å². The second-order valence-corrected chi connectivity index (χ2v) is 34.5. The molecule has 0 bridgehead atoms. The number of carbonyl (C=O) groups is 8. The van der Waals surface area contributed by atoms with E-state index in [-0.39, 0.29) is 131 Å². The number of aromatic nitrogens is 2. The van der Waals surface area contributed by atoms with Gasteiger partial charge in [0.25, 0.3) is 23.6 Å². The van der Waals surface area contributed by atoms with Crippen molar-refractivity contribution in [1.29, 1.82) is 21.6 Å². The largest absolute Gasteiger partial charge is 0.469 e. The molecule has 0 radical (unpaired) electrons. The van der Waals surface area contributed by atoms with Crippen LogP contribution in [0.1, 0.15) is 193 Å². The summed E-state index contributed by atoms with van der Waals surface area (Å²) >= 11 is 0. The van der Waals surface area contributed by atoms with E-state index in [1.54, 1.807) is 61.1 Å².